The van der Waals surface area contributed by atoms with Gasteiger partial charge < -0.3 is 14.7 Å². The first-order chi connectivity index (χ1) is 7.25. The summed E-state index contributed by atoms with van der Waals surface area (Å²) < 4.78 is 5.21. The van der Waals surface area contributed by atoms with Crippen molar-refractivity contribution in [3.8, 4) is 0 Å². The molecule has 1 heterocycles. The van der Waals surface area contributed by atoms with Crippen LogP contribution in [0.2, 0.25) is 0 Å². The number of hydrogen-bond acceptors (Lipinski definition) is 3. The molecule has 1 N–H and O–H groups in total. The zero-order chi connectivity index (χ0) is 12.4. The standard InChI is InChI=1S/C12H23NO3/c1-11(2,3)10(14)13(4)9-12(15)5-7-16-8-6-12/h15H,5-9H2,1-4H3. The summed E-state index contributed by atoms with van der Waals surface area (Å²) in [5, 5.41) is 10.3. The van der Waals surface area contributed by atoms with Gasteiger partial charge in [0.05, 0.1) is 5.60 Å². The van der Waals surface area contributed by atoms with Crippen LogP contribution in [0.15, 0.2) is 0 Å². The summed E-state index contributed by atoms with van der Waals surface area (Å²) in [6.07, 6.45) is 1.21. The zero-order valence-corrected chi connectivity index (χ0v) is 10.7. The van der Waals surface area contributed by atoms with Gasteiger partial charge in [0.2, 0.25) is 5.91 Å². The molecule has 0 aromatic heterocycles. The maximum atomic E-state index is 12.0. The van der Waals surface area contributed by atoms with E-state index < -0.39 is 11.0 Å². The van der Waals surface area contributed by atoms with Gasteiger partial charge in [-0.25, -0.2) is 0 Å². The van der Waals surface area contributed by atoms with Gasteiger partial charge in [0.15, 0.2) is 0 Å². The lowest BCUT2D eigenvalue weighted by atomic mass is 9.91. The Morgan fingerprint density at radius 3 is 2.31 bits per heavy atom. The van der Waals surface area contributed by atoms with Crippen LogP contribution in [0.4, 0.5) is 0 Å². The fourth-order valence-electron chi connectivity index (χ4n) is 2.00. The molecule has 4 nitrogen and oxygen atoms in total. The molecule has 1 amide bonds. The van der Waals surface area contributed by atoms with Crippen LogP contribution in [-0.2, 0) is 9.53 Å². The highest BCUT2D eigenvalue weighted by Gasteiger charge is 2.34. The summed E-state index contributed by atoms with van der Waals surface area (Å²) in [6.45, 7) is 7.22. The summed E-state index contributed by atoms with van der Waals surface area (Å²) in [5.74, 6) is 0.0624. The van der Waals surface area contributed by atoms with Crippen molar-refractivity contribution in [2.45, 2.75) is 39.2 Å². The van der Waals surface area contributed by atoms with E-state index in [1.165, 1.54) is 0 Å². The molecular formula is C12H23NO3. The van der Waals surface area contributed by atoms with E-state index in [0.29, 0.717) is 32.6 Å². The fourth-order valence-corrected chi connectivity index (χ4v) is 2.00. The topological polar surface area (TPSA) is 49.8 Å². The molecule has 4 heteroatoms. The number of carbonyl (C=O) groups excluding carboxylic acids is 1. The molecule has 1 rings (SSSR count). The van der Waals surface area contributed by atoms with Crippen molar-refractivity contribution in [1.82, 2.24) is 4.90 Å². The third-order valence-electron chi connectivity index (χ3n) is 2.94. The van der Waals surface area contributed by atoms with Gasteiger partial charge in [-0.3, -0.25) is 4.79 Å². The Morgan fingerprint density at radius 2 is 1.88 bits per heavy atom. The van der Waals surface area contributed by atoms with E-state index >= 15 is 0 Å². The third-order valence-corrected chi connectivity index (χ3v) is 2.94. The van der Waals surface area contributed by atoms with Crippen molar-refractivity contribution in [1.29, 1.82) is 0 Å². The van der Waals surface area contributed by atoms with Crippen molar-refractivity contribution < 1.29 is 14.6 Å². The highest BCUT2D eigenvalue weighted by atomic mass is 16.5. The van der Waals surface area contributed by atoms with Crippen molar-refractivity contribution in [3.05, 3.63) is 0 Å². The quantitative estimate of drug-likeness (QED) is 0.769. The Labute approximate surface area is 97.6 Å². The maximum Gasteiger partial charge on any atom is 0.227 e. The van der Waals surface area contributed by atoms with Gasteiger partial charge in [-0.05, 0) is 0 Å². The average molecular weight is 229 g/mol. The van der Waals surface area contributed by atoms with Gasteiger partial charge in [0, 0.05) is 45.1 Å². The number of ether oxygens (including phenoxy) is 1. The summed E-state index contributed by atoms with van der Waals surface area (Å²) in [7, 11) is 1.75. The van der Waals surface area contributed by atoms with Crippen LogP contribution in [0.1, 0.15) is 33.6 Å². The molecule has 94 valence electrons. The first-order valence-corrected chi connectivity index (χ1v) is 5.80. The summed E-state index contributed by atoms with van der Waals surface area (Å²) in [6, 6.07) is 0. The molecular weight excluding hydrogens is 206 g/mol. The first kappa shape index (κ1) is 13.5. The van der Waals surface area contributed by atoms with Crippen LogP contribution in [0.5, 0.6) is 0 Å². The van der Waals surface area contributed by atoms with Gasteiger partial charge in [-0.2, -0.15) is 0 Å². The predicted molar refractivity (Wildman–Crippen MR) is 62.1 cm³/mol. The van der Waals surface area contributed by atoms with Gasteiger partial charge in [-0.1, -0.05) is 20.8 Å². The van der Waals surface area contributed by atoms with Crippen LogP contribution in [0.25, 0.3) is 0 Å². The van der Waals surface area contributed by atoms with Crippen LogP contribution >= 0.6 is 0 Å². The van der Waals surface area contributed by atoms with Crippen molar-refractivity contribution in [2.75, 3.05) is 26.8 Å². The molecule has 0 aliphatic carbocycles. The van der Waals surface area contributed by atoms with Crippen molar-refractivity contribution in [2.24, 2.45) is 5.41 Å². The van der Waals surface area contributed by atoms with Gasteiger partial charge >= 0.3 is 0 Å². The second-order valence-electron chi connectivity index (χ2n) is 5.75. The van der Waals surface area contributed by atoms with E-state index in [-0.39, 0.29) is 5.91 Å². The lowest BCUT2D eigenvalue weighted by Gasteiger charge is -2.37. The number of nitrogens with zero attached hydrogens (tertiary/aromatic N) is 1. The molecule has 1 saturated heterocycles. The molecule has 0 unspecified atom stereocenters. The Balaban J connectivity index is 2.56. The van der Waals surface area contributed by atoms with E-state index in [1.54, 1.807) is 11.9 Å². The Hall–Kier alpha value is -0.610. The zero-order valence-electron chi connectivity index (χ0n) is 10.7. The van der Waals surface area contributed by atoms with Gasteiger partial charge in [0.25, 0.3) is 0 Å². The molecule has 0 spiro atoms. The van der Waals surface area contributed by atoms with E-state index in [0.717, 1.165) is 0 Å². The van der Waals surface area contributed by atoms with E-state index in [1.807, 2.05) is 20.8 Å². The Kier molecular flexibility index (Phi) is 3.97. The highest BCUT2D eigenvalue weighted by molar-refractivity contribution is 5.81. The maximum absolute atomic E-state index is 12.0. The summed E-state index contributed by atoms with van der Waals surface area (Å²) >= 11 is 0. The van der Waals surface area contributed by atoms with Gasteiger partial charge in [0.1, 0.15) is 0 Å². The minimum atomic E-state index is -0.770. The molecule has 0 saturated carbocycles. The first-order valence-electron chi connectivity index (χ1n) is 5.80. The molecule has 0 aromatic rings. The number of carbonyl (C=O) groups is 1. The second kappa shape index (κ2) is 4.72. The molecule has 16 heavy (non-hydrogen) atoms. The van der Waals surface area contributed by atoms with E-state index in [9.17, 15) is 9.90 Å². The smallest absolute Gasteiger partial charge is 0.227 e. The second-order valence-corrected chi connectivity index (χ2v) is 5.75. The van der Waals surface area contributed by atoms with Gasteiger partial charge in [-0.15, -0.1) is 0 Å². The molecule has 0 bridgehead atoms. The highest BCUT2D eigenvalue weighted by Crippen LogP contribution is 2.24. The van der Waals surface area contributed by atoms with Crippen LogP contribution in [-0.4, -0.2) is 48.3 Å². The number of likely N-dealkylation sites (N-methyl/N-ethyl adjacent to an activating group) is 1. The van der Waals surface area contributed by atoms with Crippen molar-refractivity contribution >= 4 is 5.91 Å². The fraction of sp³-hybridized carbons (Fsp3) is 0.917. The van der Waals surface area contributed by atoms with E-state index in [4.69, 9.17) is 4.74 Å². The molecule has 0 atom stereocenters. The monoisotopic (exact) mass is 229 g/mol. The third kappa shape index (κ3) is 3.46. The Bertz CT molecular complexity index is 251. The number of aliphatic hydroxyl groups is 1. The largest absolute Gasteiger partial charge is 0.388 e. The SMILES string of the molecule is CN(CC1(O)CCOCC1)C(=O)C(C)(C)C. The minimum absolute atomic E-state index is 0.0624. The Morgan fingerprint density at radius 1 is 1.38 bits per heavy atom. The number of amides is 1. The van der Waals surface area contributed by atoms with Crippen molar-refractivity contribution in [3.63, 3.8) is 0 Å². The van der Waals surface area contributed by atoms with E-state index in [2.05, 4.69) is 0 Å². The van der Waals surface area contributed by atoms with Crippen LogP contribution in [0.3, 0.4) is 0 Å². The lowest BCUT2D eigenvalue weighted by Crippen LogP contribution is -2.49. The summed E-state index contributed by atoms with van der Waals surface area (Å²) in [5.41, 5.74) is -1.16. The normalized spacial score (nSPS) is 20.6. The molecule has 1 aliphatic rings. The average Bonchev–Trinajstić information content (AvgIpc) is 2.15. The lowest BCUT2D eigenvalue weighted by molar-refractivity contribution is -0.144. The molecule has 1 aliphatic heterocycles. The summed E-state index contributed by atoms with van der Waals surface area (Å²) in [4.78, 5) is 13.6. The van der Waals surface area contributed by atoms with Crippen LogP contribution in [0, 0.1) is 5.41 Å². The predicted octanol–water partition coefficient (Wildman–Crippen LogP) is 1.03. The molecule has 0 aromatic carbocycles. The molecule has 0 radical (unpaired) electrons. The minimum Gasteiger partial charge on any atom is -0.388 e. The number of rotatable bonds is 2. The number of hydrogen-bond donors (Lipinski definition) is 1. The van der Waals surface area contributed by atoms with Crippen LogP contribution < -0.4 is 0 Å². The molecule has 1 fully saturated rings.